The third-order valence-electron chi connectivity index (χ3n) is 5.68. The third kappa shape index (κ3) is 4.18. The number of anilines is 1. The van der Waals surface area contributed by atoms with E-state index >= 15 is 0 Å². The lowest BCUT2D eigenvalue weighted by atomic mass is 10.0. The number of piperidine rings is 1. The molecule has 0 radical (unpaired) electrons. The van der Waals surface area contributed by atoms with Crippen LogP contribution in [0, 0.1) is 6.92 Å². The second kappa shape index (κ2) is 8.17. The van der Waals surface area contributed by atoms with Crippen LogP contribution in [0.3, 0.4) is 0 Å². The Kier molecular flexibility index (Phi) is 5.48. The topological polar surface area (TPSA) is 75.9 Å². The van der Waals surface area contributed by atoms with Gasteiger partial charge >= 0.3 is 0 Å². The summed E-state index contributed by atoms with van der Waals surface area (Å²) in [7, 11) is 0. The average molecular weight is 368 g/mol. The highest BCUT2D eigenvalue weighted by Gasteiger charge is 2.24. The van der Waals surface area contributed by atoms with Crippen LogP contribution in [0.1, 0.15) is 42.8 Å². The van der Waals surface area contributed by atoms with E-state index in [1.54, 1.807) is 23.0 Å². The molecular weight excluding hydrogens is 340 g/mol. The van der Waals surface area contributed by atoms with Gasteiger partial charge in [0.2, 0.25) is 0 Å². The van der Waals surface area contributed by atoms with Gasteiger partial charge in [0.05, 0.1) is 6.54 Å². The predicted molar refractivity (Wildman–Crippen MR) is 105 cm³/mol. The fourth-order valence-electron chi connectivity index (χ4n) is 4.28. The zero-order chi connectivity index (χ0) is 18.6. The molecule has 2 aromatic rings. The number of fused-ring (bicyclic) bond motifs is 1. The van der Waals surface area contributed by atoms with Crippen LogP contribution in [-0.2, 0) is 19.4 Å². The van der Waals surface area contributed by atoms with Crippen molar-refractivity contribution in [2.24, 2.45) is 0 Å². The van der Waals surface area contributed by atoms with Crippen molar-refractivity contribution in [1.82, 2.24) is 24.6 Å². The number of rotatable bonds is 6. The van der Waals surface area contributed by atoms with Gasteiger partial charge in [-0.1, -0.05) is 6.42 Å². The van der Waals surface area contributed by atoms with Crippen molar-refractivity contribution in [2.45, 2.75) is 58.0 Å². The molecule has 0 bridgehead atoms. The highest BCUT2D eigenvalue weighted by atomic mass is 16.1. The van der Waals surface area contributed by atoms with E-state index < -0.39 is 0 Å². The van der Waals surface area contributed by atoms with Crippen molar-refractivity contribution >= 4 is 5.82 Å². The molecule has 4 rings (SSSR count). The standard InChI is InChI=1S/C20H28N6O/c1-15-23-18-8-4-7-17(18)20(24-15)21-14-16-6-2-3-11-25(16)12-13-26-19(27)9-5-10-22-26/h5,9-10,16H,2-4,6-8,11-14H2,1H3,(H,21,23,24). The van der Waals surface area contributed by atoms with E-state index in [0.29, 0.717) is 12.6 Å². The van der Waals surface area contributed by atoms with Crippen LogP contribution < -0.4 is 10.9 Å². The van der Waals surface area contributed by atoms with E-state index in [9.17, 15) is 4.79 Å². The number of aromatic nitrogens is 4. The molecule has 1 saturated heterocycles. The summed E-state index contributed by atoms with van der Waals surface area (Å²) in [5.41, 5.74) is 2.50. The molecule has 144 valence electrons. The number of aryl methyl sites for hydroxylation is 2. The maximum absolute atomic E-state index is 11.9. The molecule has 1 aliphatic heterocycles. The van der Waals surface area contributed by atoms with Crippen molar-refractivity contribution in [1.29, 1.82) is 0 Å². The van der Waals surface area contributed by atoms with Gasteiger partial charge in [-0.25, -0.2) is 14.6 Å². The number of nitrogens with zero attached hydrogens (tertiary/aromatic N) is 5. The Hall–Kier alpha value is -2.28. The van der Waals surface area contributed by atoms with Gasteiger partial charge in [-0.05, 0) is 51.6 Å². The molecule has 7 heteroatoms. The van der Waals surface area contributed by atoms with Gasteiger partial charge in [-0.15, -0.1) is 0 Å². The van der Waals surface area contributed by atoms with Gasteiger partial charge < -0.3 is 5.32 Å². The Labute approximate surface area is 159 Å². The molecule has 0 spiro atoms. The maximum atomic E-state index is 11.9. The zero-order valence-corrected chi connectivity index (χ0v) is 16.0. The predicted octanol–water partition coefficient (Wildman–Crippen LogP) is 1.80. The summed E-state index contributed by atoms with van der Waals surface area (Å²) in [6.07, 6.45) is 8.65. The molecule has 1 fully saturated rings. The van der Waals surface area contributed by atoms with Gasteiger partial charge in [0.1, 0.15) is 11.6 Å². The monoisotopic (exact) mass is 368 g/mol. The largest absolute Gasteiger partial charge is 0.368 e. The minimum atomic E-state index is -0.0313. The molecule has 0 saturated carbocycles. The normalized spacial score (nSPS) is 19.8. The second-order valence-corrected chi connectivity index (χ2v) is 7.55. The van der Waals surface area contributed by atoms with Gasteiger partial charge in [-0.3, -0.25) is 9.69 Å². The summed E-state index contributed by atoms with van der Waals surface area (Å²) in [5.74, 6) is 1.88. The molecule has 2 aromatic heterocycles. The van der Waals surface area contributed by atoms with E-state index in [1.807, 2.05) is 6.92 Å². The Bertz CT molecular complexity index is 849. The lowest BCUT2D eigenvalue weighted by Gasteiger charge is -2.36. The van der Waals surface area contributed by atoms with E-state index in [2.05, 4.69) is 25.3 Å². The number of nitrogens with one attached hydrogen (secondary N) is 1. The minimum absolute atomic E-state index is 0.0313. The Balaban J connectivity index is 1.40. The first kappa shape index (κ1) is 18.1. The minimum Gasteiger partial charge on any atom is -0.368 e. The first-order valence-electron chi connectivity index (χ1n) is 10.1. The molecule has 1 atom stereocenters. The quantitative estimate of drug-likeness (QED) is 0.838. The van der Waals surface area contributed by atoms with Gasteiger partial charge in [-0.2, -0.15) is 5.10 Å². The van der Waals surface area contributed by atoms with Crippen LogP contribution in [0.15, 0.2) is 23.1 Å². The number of likely N-dealkylation sites (tertiary alicyclic amines) is 1. The number of hydrogen-bond acceptors (Lipinski definition) is 6. The first-order chi connectivity index (χ1) is 13.2. The van der Waals surface area contributed by atoms with Crippen LogP contribution in [-0.4, -0.2) is 50.3 Å². The number of hydrogen-bond donors (Lipinski definition) is 1. The first-order valence-corrected chi connectivity index (χ1v) is 10.1. The van der Waals surface area contributed by atoms with Crippen LogP contribution in [0.25, 0.3) is 0 Å². The molecule has 1 unspecified atom stereocenters. The van der Waals surface area contributed by atoms with Crippen molar-refractivity contribution in [3.8, 4) is 0 Å². The van der Waals surface area contributed by atoms with E-state index in [4.69, 9.17) is 0 Å². The summed E-state index contributed by atoms with van der Waals surface area (Å²) < 4.78 is 1.56. The summed E-state index contributed by atoms with van der Waals surface area (Å²) in [4.78, 5) is 23.6. The summed E-state index contributed by atoms with van der Waals surface area (Å²) in [5, 5.41) is 7.79. The van der Waals surface area contributed by atoms with Gasteiger partial charge in [0.25, 0.3) is 5.56 Å². The molecule has 2 aliphatic rings. The Morgan fingerprint density at radius 3 is 3.00 bits per heavy atom. The molecule has 1 N–H and O–H groups in total. The maximum Gasteiger partial charge on any atom is 0.266 e. The summed E-state index contributed by atoms with van der Waals surface area (Å²) in [6, 6.07) is 3.72. The lowest BCUT2D eigenvalue weighted by Crippen LogP contribution is -2.45. The van der Waals surface area contributed by atoms with Crippen molar-refractivity contribution in [3.63, 3.8) is 0 Å². The lowest BCUT2D eigenvalue weighted by molar-refractivity contribution is 0.148. The third-order valence-corrected chi connectivity index (χ3v) is 5.68. The fourth-order valence-corrected chi connectivity index (χ4v) is 4.28. The van der Waals surface area contributed by atoms with Gasteiger partial charge in [0, 0.05) is 42.7 Å². The van der Waals surface area contributed by atoms with Gasteiger partial charge in [0.15, 0.2) is 0 Å². The van der Waals surface area contributed by atoms with Crippen LogP contribution in [0.2, 0.25) is 0 Å². The fraction of sp³-hybridized carbons (Fsp3) is 0.600. The van der Waals surface area contributed by atoms with Crippen molar-refractivity contribution in [2.75, 3.05) is 25.0 Å². The van der Waals surface area contributed by atoms with Crippen LogP contribution >= 0.6 is 0 Å². The molecule has 3 heterocycles. The molecule has 7 nitrogen and oxygen atoms in total. The van der Waals surface area contributed by atoms with Crippen LogP contribution in [0.5, 0.6) is 0 Å². The van der Waals surface area contributed by atoms with Crippen molar-refractivity contribution < 1.29 is 0 Å². The van der Waals surface area contributed by atoms with Crippen LogP contribution in [0.4, 0.5) is 5.82 Å². The molecule has 27 heavy (non-hydrogen) atoms. The van der Waals surface area contributed by atoms with E-state index in [-0.39, 0.29) is 5.56 Å². The van der Waals surface area contributed by atoms with E-state index in [0.717, 1.165) is 44.1 Å². The van der Waals surface area contributed by atoms with E-state index in [1.165, 1.54) is 36.9 Å². The average Bonchev–Trinajstić information content (AvgIpc) is 3.14. The Morgan fingerprint density at radius 2 is 2.11 bits per heavy atom. The molecule has 1 aliphatic carbocycles. The molecular formula is C20H28N6O. The highest BCUT2D eigenvalue weighted by Crippen LogP contribution is 2.26. The molecule has 0 amide bonds. The Morgan fingerprint density at radius 1 is 1.19 bits per heavy atom. The highest BCUT2D eigenvalue weighted by molar-refractivity contribution is 5.48. The SMILES string of the molecule is Cc1nc2c(c(NCC3CCCCN3CCn3ncccc3=O)n1)CCC2. The smallest absolute Gasteiger partial charge is 0.266 e. The summed E-state index contributed by atoms with van der Waals surface area (Å²) in [6.45, 7) is 5.43. The zero-order valence-electron chi connectivity index (χ0n) is 16.0. The molecule has 0 aromatic carbocycles. The summed E-state index contributed by atoms with van der Waals surface area (Å²) >= 11 is 0. The second-order valence-electron chi connectivity index (χ2n) is 7.55. The van der Waals surface area contributed by atoms with Crippen molar-refractivity contribution in [3.05, 3.63) is 45.8 Å².